The standard InChI is InChI=1S/C27H44O3Si/c1-9-11-12-17-22(28)18-13-14-20-26(30-31(7,8)27(3,4)5)24-19-15-21-25(29-6)23(24)16-10-2/h10,15,19,21-22,26,28H,2,9,11-13,16-18H2,1,3-8H3/t22-,26-/m0/s1. The first-order valence-corrected chi connectivity index (χ1v) is 14.6. The van der Waals surface area contributed by atoms with E-state index in [-0.39, 0.29) is 17.2 Å². The molecule has 0 spiro atoms. The van der Waals surface area contributed by atoms with Gasteiger partial charge in [0.25, 0.3) is 0 Å². The molecule has 4 heteroatoms. The van der Waals surface area contributed by atoms with E-state index >= 15 is 0 Å². The molecule has 174 valence electrons. The van der Waals surface area contributed by atoms with Gasteiger partial charge in [-0.2, -0.15) is 0 Å². The molecule has 0 aliphatic heterocycles. The lowest BCUT2D eigenvalue weighted by Gasteiger charge is -2.38. The summed E-state index contributed by atoms with van der Waals surface area (Å²) in [5.41, 5.74) is 2.14. The summed E-state index contributed by atoms with van der Waals surface area (Å²) in [5.74, 6) is 7.55. The van der Waals surface area contributed by atoms with E-state index < -0.39 is 8.32 Å². The van der Waals surface area contributed by atoms with E-state index in [1.807, 2.05) is 18.2 Å². The normalized spacial score (nSPS) is 13.8. The number of rotatable bonds is 12. The second-order valence-electron chi connectivity index (χ2n) is 9.79. The lowest BCUT2D eigenvalue weighted by molar-refractivity contribution is 0.153. The Labute approximate surface area is 192 Å². The number of hydrogen-bond donors (Lipinski definition) is 1. The molecule has 1 aromatic carbocycles. The predicted molar refractivity (Wildman–Crippen MR) is 135 cm³/mol. The zero-order valence-electron chi connectivity index (χ0n) is 20.9. The first-order chi connectivity index (χ1) is 14.6. The first kappa shape index (κ1) is 27.5. The van der Waals surface area contributed by atoms with Crippen LogP contribution in [0.25, 0.3) is 0 Å². The van der Waals surface area contributed by atoms with Crippen molar-refractivity contribution >= 4 is 8.32 Å². The molecule has 0 saturated heterocycles. The topological polar surface area (TPSA) is 38.7 Å². The van der Waals surface area contributed by atoms with Gasteiger partial charge in [0.1, 0.15) is 11.9 Å². The van der Waals surface area contributed by atoms with Gasteiger partial charge in [-0.15, -0.1) is 12.5 Å². The summed E-state index contributed by atoms with van der Waals surface area (Å²) >= 11 is 0. The van der Waals surface area contributed by atoms with Gasteiger partial charge in [-0.1, -0.05) is 71.1 Å². The van der Waals surface area contributed by atoms with Crippen molar-refractivity contribution in [3.8, 4) is 17.6 Å². The summed E-state index contributed by atoms with van der Waals surface area (Å²) < 4.78 is 12.4. The number of methoxy groups -OCH3 is 1. The number of ether oxygens (including phenoxy) is 1. The first-order valence-electron chi connectivity index (χ1n) is 11.7. The van der Waals surface area contributed by atoms with Crippen LogP contribution in [0.3, 0.4) is 0 Å². The molecule has 0 saturated carbocycles. The van der Waals surface area contributed by atoms with Crippen molar-refractivity contribution in [2.24, 2.45) is 0 Å². The number of hydrogen-bond acceptors (Lipinski definition) is 3. The van der Waals surface area contributed by atoms with Gasteiger partial charge in [-0.25, -0.2) is 0 Å². The van der Waals surface area contributed by atoms with Gasteiger partial charge in [0.2, 0.25) is 0 Å². The van der Waals surface area contributed by atoms with Crippen molar-refractivity contribution in [3.63, 3.8) is 0 Å². The predicted octanol–water partition coefficient (Wildman–Crippen LogP) is 7.21. The zero-order valence-corrected chi connectivity index (χ0v) is 21.9. The van der Waals surface area contributed by atoms with Gasteiger partial charge >= 0.3 is 0 Å². The third-order valence-corrected chi connectivity index (χ3v) is 10.7. The number of aliphatic hydroxyl groups is 1. The van der Waals surface area contributed by atoms with Crippen molar-refractivity contribution in [3.05, 3.63) is 42.0 Å². The largest absolute Gasteiger partial charge is 0.496 e. The molecule has 0 aliphatic carbocycles. The van der Waals surface area contributed by atoms with Gasteiger partial charge < -0.3 is 14.3 Å². The molecule has 0 heterocycles. The molecular weight excluding hydrogens is 400 g/mol. The van der Waals surface area contributed by atoms with E-state index in [2.05, 4.69) is 65.3 Å². The van der Waals surface area contributed by atoms with Crippen LogP contribution in [0.5, 0.6) is 5.75 Å². The smallest absolute Gasteiger partial charge is 0.194 e. The fourth-order valence-corrected chi connectivity index (χ4v) is 4.33. The minimum atomic E-state index is -2.05. The average molecular weight is 445 g/mol. The zero-order chi connectivity index (χ0) is 23.5. The summed E-state index contributed by atoms with van der Waals surface area (Å²) in [5, 5.41) is 10.3. The van der Waals surface area contributed by atoms with E-state index in [1.165, 1.54) is 12.8 Å². The number of allylic oxidation sites excluding steroid dienone is 1. The van der Waals surface area contributed by atoms with E-state index in [4.69, 9.17) is 9.16 Å². The van der Waals surface area contributed by atoms with Crippen LogP contribution in [0.15, 0.2) is 30.9 Å². The molecule has 31 heavy (non-hydrogen) atoms. The Hall–Kier alpha value is -1.54. The Morgan fingerprint density at radius 1 is 1.19 bits per heavy atom. The molecule has 1 N–H and O–H groups in total. The number of benzene rings is 1. The third kappa shape index (κ3) is 8.84. The SMILES string of the molecule is C=CCc1c(OC)cccc1[C@H](C#CCC[C@@H](O)CCCCC)O[Si](C)(C)C(C)(C)C. The Bertz CT molecular complexity index is 737. The highest BCUT2D eigenvalue weighted by molar-refractivity contribution is 6.74. The molecule has 0 amide bonds. The van der Waals surface area contributed by atoms with Crippen LogP contribution in [-0.2, 0) is 10.8 Å². The minimum absolute atomic E-state index is 0.0832. The van der Waals surface area contributed by atoms with Gasteiger partial charge in [0.15, 0.2) is 8.32 Å². The van der Waals surface area contributed by atoms with Crippen LogP contribution in [0.2, 0.25) is 18.1 Å². The van der Waals surface area contributed by atoms with Gasteiger partial charge in [0.05, 0.1) is 13.2 Å². The van der Waals surface area contributed by atoms with E-state index in [0.29, 0.717) is 19.3 Å². The fraction of sp³-hybridized carbons (Fsp3) is 0.630. The third-order valence-electron chi connectivity index (χ3n) is 6.22. The van der Waals surface area contributed by atoms with Crippen molar-refractivity contribution in [1.82, 2.24) is 0 Å². The Morgan fingerprint density at radius 2 is 1.90 bits per heavy atom. The molecule has 3 nitrogen and oxygen atoms in total. The fourth-order valence-electron chi connectivity index (χ4n) is 3.20. The number of unbranched alkanes of at least 4 members (excludes halogenated alkanes) is 2. The molecule has 2 atom stereocenters. The summed E-state index contributed by atoms with van der Waals surface area (Å²) in [6.07, 6.45) is 7.68. The maximum absolute atomic E-state index is 10.2. The van der Waals surface area contributed by atoms with Gasteiger partial charge in [-0.05, 0) is 49.0 Å². The molecule has 1 rings (SSSR count). The monoisotopic (exact) mass is 444 g/mol. The average Bonchev–Trinajstić information content (AvgIpc) is 2.70. The van der Waals surface area contributed by atoms with Gasteiger partial charge in [-0.3, -0.25) is 0 Å². The second kappa shape index (κ2) is 13.1. The Balaban J connectivity index is 3.14. The Morgan fingerprint density at radius 3 is 2.48 bits per heavy atom. The molecule has 0 fully saturated rings. The summed E-state index contributed by atoms with van der Waals surface area (Å²) in [7, 11) is -0.351. The van der Waals surface area contributed by atoms with E-state index in [9.17, 15) is 5.11 Å². The van der Waals surface area contributed by atoms with Crippen LogP contribution in [0, 0.1) is 11.8 Å². The molecular formula is C27H44O3Si. The van der Waals surface area contributed by atoms with Crippen molar-refractivity contribution < 1.29 is 14.3 Å². The quantitative estimate of drug-likeness (QED) is 0.160. The van der Waals surface area contributed by atoms with Crippen LogP contribution in [0.4, 0.5) is 0 Å². The van der Waals surface area contributed by atoms with E-state index in [1.54, 1.807) is 7.11 Å². The van der Waals surface area contributed by atoms with E-state index in [0.717, 1.165) is 29.7 Å². The summed E-state index contributed by atoms with van der Waals surface area (Å²) in [6.45, 7) is 17.3. The van der Waals surface area contributed by atoms with Gasteiger partial charge in [0, 0.05) is 12.0 Å². The second-order valence-corrected chi connectivity index (χ2v) is 14.5. The van der Waals surface area contributed by atoms with Crippen LogP contribution in [0.1, 0.15) is 83.5 Å². The Kier molecular flexibility index (Phi) is 11.6. The molecule has 0 aromatic heterocycles. The lowest BCUT2D eigenvalue weighted by atomic mass is 9.98. The van der Waals surface area contributed by atoms with Crippen molar-refractivity contribution in [2.75, 3.05) is 7.11 Å². The van der Waals surface area contributed by atoms with Crippen molar-refractivity contribution in [1.29, 1.82) is 0 Å². The highest BCUT2D eigenvalue weighted by Gasteiger charge is 2.39. The molecule has 0 aliphatic rings. The molecule has 1 aromatic rings. The minimum Gasteiger partial charge on any atom is -0.496 e. The maximum Gasteiger partial charge on any atom is 0.194 e. The lowest BCUT2D eigenvalue weighted by Crippen LogP contribution is -2.41. The molecule has 0 radical (unpaired) electrons. The summed E-state index contributed by atoms with van der Waals surface area (Å²) in [6, 6.07) is 6.07. The summed E-state index contributed by atoms with van der Waals surface area (Å²) in [4.78, 5) is 0. The van der Waals surface area contributed by atoms with Crippen LogP contribution in [-0.4, -0.2) is 26.6 Å². The molecule has 0 unspecified atom stereocenters. The highest BCUT2D eigenvalue weighted by Crippen LogP contribution is 2.41. The highest BCUT2D eigenvalue weighted by atomic mass is 28.4. The maximum atomic E-state index is 10.2. The van der Waals surface area contributed by atoms with Crippen molar-refractivity contribution in [2.45, 2.75) is 103 Å². The van der Waals surface area contributed by atoms with Crippen LogP contribution < -0.4 is 4.74 Å². The number of aliphatic hydroxyl groups excluding tert-OH is 1. The molecule has 0 bridgehead atoms. The van der Waals surface area contributed by atoms with Crippen LogP contribution >= 0.6 is 0 Å².